The Bertz CT molecular complexity index is 788. The summed E-state index contributed by atoms with van der Waals surface area (Å²) in [4.78, 5) is 16.4. The quantitative estimate of drug-likeness (QED) is 0.756. The Morgan fingerprint density at radius 1 is 1.21 bits per heavy atom. The van der Waals surface area contributed by atoms with E-state index in [0.717, 1.165) is 5.56 Å². The highest BCUT2D eigenvalue weighted by atomic mass is 16.5. The Hall–Kier alpha value is -3.15. The number of carbonyl (C=O) groups is 1. The molecule has 1 unspecified atom stereocenters. The van der Waals surface area contributed by atoms with Crippen LogP contribution in [0.3, 0.4) is 0 Å². The van der Waals surface area contributed by atoms with Gasteiger partial charge in [-0.25, -0.2) is 9.67 Å². The number of nitrogens with zero attached hydrogens (tertiary/aromatic N) is 3. The summed E-state index contributed by atoms with van der Waals surface area (Å²) in [6, 6.07) is 14.9. The Balaban J connectivity index is 1.57. The van der Waals surface area contributed by atoms with Crippen molar-refractivity contribution in [3.05, 3.63) is 72.7 Å². The highest BCUT2D eigenvalue weighted by Gasteiger charge is 2.14. The summed E-state index contributed by atoms with van der Waals surface area (Å²) in [5, 5.41) is 7.01. The van der Waals surface area contributed by atoms with Crippen molar-refractivity contribution in [3.63, 3.8) is 0 Å². The summed E-state index contributed by atoms with van der Waals surface area (Å²) in [6.07, 6.45) is 4.64. The van der Waals surface area contributed by atoms with Gasteiger partial charge >= 0.3 is 0 Å². The Morgan fingerprint density at radius 2 is 2.04 bits per heavy atom. The van der Waals surface area contributed by atoms with Crippen LogP contribution in [0.1, 0.15) is 12.5 Å². The molecule has 0 aliphatic heterocycles. The lowest BCUT2D eigenvalue weighted by molar-refractivity contribution is -0.127. The number of nitrogens with one attached hydrogen (secondary N) is 1. The summed E-state index contributed by atoms with van der Waals surface area (Å²) in [6.45, 7) is 2.13. The Kier molecular flexibility index (Phi) is 4.86. The van der Waals surface area contributed by atoms with Gasteiger partial charge in [0.15, 0.2) is 11.9 Å². The van der Waals surface area contributed by atoms with Gasteiger partial charge < -0.3 is 10.1 Å². The lowest BCUT2D eigenvalue weighted by Gasteiger charge is -2.14. The minimum absolute atomic E-state index is 0.170. The van der Waals surface area contributed by atoms with E-state index < -0.39 is 6.10 Å². The van der Waals surface area contributed by atoms with Crippen molar-refractivity contribution in [2.24, 2.45) is 0 Å². The number of carbonyl (C=O) groups excluding carboxylic acids is 1. The van der Waals surface area contributed by atoms with E-state index in [0.29, 0.717) is 18.1 Å². The standard InChI is InChI=1S/C18H18N4O2/c1-14(24-16-6-3-2-4-7-16)18(23)20-13-15-8-10-19-17(12-15)22-11-5-9-21-22/h2-12,14H,13H2,1H3,(H,20,23). The fourth-order valence-corrected chi connectivity index (χ4v) is 2.19. The second-order valence-electron chi connectivity index (χ2n) is 5.26. The Morgan fingerprint density at radius 3 is 2.79 bits per heavy atom. The third-order valence-corrected chi connectivity index (χ3v) is 3.44. The molecule has 1 amide bonds. The van der Waals surface area contributed by atoms with Crippen molar-refractivity contribution < 1.29 is 9.53 Å². The second kappa shape index (κ2) is 7.41. The summed E-state index contributed by atoms with van der Waals surface area (Å²) >= 11 is 0. The van der Waals surface area contributed by atoms with E-state index >= 15 is 0 Å². The maximum atomic E-state index is 12.2. The van der Waals surface area contributed by atoms with E-state index in [1.807, 2.05) is 54.7 Å². The lowest BCUT2D eigenvalue weighted by atomic mass is 10.2. The molecule has 0 saturated carbocycles. The fourth-order valence-electron chi connectivity index (χ4n) is 2.19. The van der Waals surface area contributed by atoms with Gasteiger partial charge in [-0.1, -0.05) is 18.2 Å². The van der Waals surface area contributed by atoms with Crippen LogP contribution in [0.25, 0.3) is 5.82 Å². The third kappa shape index (κ3) is 3.98. The van der Waals surface area contributed by atoms with Crippen LogP contribution in [0.5, 0.6) is 5.75 Å². The molecule has 0 aliphatic carbocycles. The molecule has 0 bridgehead atoms. The van der Waals surface area contributed by atoms with Gasteiger partial charge in [0.05, 0.1) is 0 Å². The number of para-hydroxylation sites is 1. The predicted octanol–water partition coefficient (Wildman–Crippen LogP) is 2.35. The molecule has 0 spiro atoms. The van der Waals surface area contributed by atoms with Crippen LogP contribution in [0.4, 0.5) is 0 Å². The number of benzene rings is 1. The van der Waals surface area contributed by atoms with Gasteiger partial charge in [-0.2, -0.15) is 5.10 Å². The molecule has 1 aromatic carbocycles. The minimum atomic E-state index is -0.570. The molecule has 3 aromatic rings. The van der Waals surface area contributed by atoms with Gasteiger partial charge in [-0.15, -0.1) is 0 Å². The summed E-state index contributed by atoms with van der Waals surface area (Å²) in [7, 11) is 0. The number of hydrogen-bond acceptors (Lipinski definition) is 4. The van der Waals surface area contributed by atoms with Crippen LogP contribution in [0, 0.1) is 0 Å². The summed E-state index contributed by atoms with van der Waals surface area (Å²) < 4.78 is 7.28. The lowest BCUT2D eigenvalue weighted by Crippen LogP contribution is -2.35. The molecule has 0 fully saturated rings. The van der Waals surface area contributed by atoms with E-state index in [-0.39, 0.29) is 5.91 Å². The number of amides is 1. The van der Waals surface area contributed by atoms with Crippen LogP contribution in [0.2, 0.25) is 0 Å². The van der Waals surface area contributed by atoms with Crippen molar-refractivity contribution in [1.82, 2.24) is 20.1 Å². The zero-order valence-corrected chi connectivity index (χ0v) is 13.3. The average molecular weight is 322 g/mol. The minimum Gasteiger partial charge on any atom is -0.481 e. The first-order chi connectivity index (χ1) is 11.7. The van der Waals surface area contributed by atoms with Gasteiger partial charge in [-0.3, -0.25) is 4.79 Å². The Labute approximate surface area is 140 Å². The average Bonchev–Trinajstić information content (AvgIpc) is 3.15. The highest BCUT2D eigenvalue weighted by Crippen LogP contribution is 2.11. The monoisotopic (exact) mass is 322 g/mol. The molecule has 3 rings (SSSR count). The molecule has 1 N–H and O–H groups in total. The molecule has 122 valence electrons. The molecule has 0 saturated heterocycles. The molecule has 6 heteroatoms. The van der Waals surface area contributed by atoms with Gasteiger partial charge in [0, 0.05) is 25.1 Å². The molecule has 24 heavy (non-hydrogen) atoms. The number of rotatable bonds is 6. The third-order valence-electron chi connectivity index (χ3n) is 3.44. The first-order valence-corrected chi connectivity index (χ1v) is 7.67. The fraction of sp³-hybridized carbons (Fsp3) is 0.167. The van der Waals surface area contributed by atoms with E-state index in [9.17, 15) is 4.79 Å². The molecule has 0 aliphatic rings. The van der Waals surface area contributed by atoms with Gasteiger partial charge in [0.2, 0.25) is 0 Å². The summed E-state index contributed by atoms with van der Waals surface area (Å²) in [5.74, 6) is 1.21. The van der Waals surface area contributed by atoms with Crippen molar-refractivity contribution in [2.45, 2.75) is 19.6 Å². The van der Waals surface area contributed by atoms with Crippen LogP contribution in [-0.4, -0.2) is 26.8 Å². The molecule has 2 heterocycles. The molecular weight excluding hydrogens is 304 g/mol. The van der Waals surface area contributed by atoms with E-state index in [1.54, 1.807) is 24.0 Å². The van der Waals surface area contributed by atoms with Gasteiger partial charge in [0.1, 0.15) is 5.75 Å². The molecule has 6 nitrogen and oxygen atoms in total. The zero-order valence-electron chi connectivity index (χ0n) is 13.3. The molecular formula is C18H18N4O2. The van der Waals surface area contributed by atoms with E-state index in [2.05, 4.69) is 15.4 Å². The maximum absolute atomic E-state index is 12.2. The molecule has 0 radical (unpaired) electrons. The van der Waals surface area contributed by atoms with E-state index in [4.69, 9.17) is 4.74 Å². The van der Waals surface area contributed by atoms with Crippen LogP contribution in [0.15, 0.2) is 67.1 Å². The first kappa shape index (κ1) is 15.7. The van der Waals surface area contributed by atoms with Crippen molar-refractivity contribution in [2.75, 3.05) is 0 Å². The number of aromatic nitrogens is 3. The van der Waals surface area contributed by atoms with Crippen molar-refractivity contribution in [1.29, 1.82) is 0 Å². The normalized spacial score (nSPS) is 11.7. The number of hydrogen-bond donors (Lipinski definition) is 1. The van der Waals surface area contributed by atoms with Crippen LogP contribution >= 0.6 is 0 Å². The van der Waals surface area contributed by atoms with Crippen molar-refractivity contribution >= 4 is 5.91 Å². The smallest absolute Gasteiger partial charge is 0.261 e. The molecule has 2 aromatic heterocycles. The topological polar surface area (TPSA) is 69.0 Å². The van der Waals surface area contributed by atoms with Gasteiger partial charge in [0.25, 0.3) is 5.91 Å². The highest BCUT2D eigenvalue weighted by molar-refractivity contribution is 5.80. The molecule has 1 atom stereocenters. The van der Waals surface area contributed by atoms with E-state index in [1.165, 1.54) is 0 Å². The SMILES string of the molecule is CC(Oc1ccccc1)C(=O)NCc1ccnc(-n2cccn2)c1. The zero-order chi connectivity index (χ0) is 16.8. The summed E-state index contributed by atoms with van der Waals surface area (Å²) in [5.41, 5.74) is 0.941. The maximum Gasteiger partial charge on any atom is 0.261 e. The van der Waals surface area contributed by atoms with Crippen LogP contribution < -0.4 is 10.1 Å². The van der Waals surface area contributed by atoms with Gasteiger partial charge in [-0.05, 0) is 42.8 Å². The number of ether oxygens (including phenoxy) is 1. The number of pyridine rings is 1. The predicted molar refractivity (Wildman–Crippen MR) is 89.7 cm³/mol. The van der Waals surface area contributed by atoms with Crippen LogP contribution in [-0.2, 0) is 11.3 Å². The van der Waals surface area contributed by atoms with Crippen molar-refractivity contribution in [3.8, 4) is 11.6 Å². The largest absolute Gasteiger partial charge is 0.481 e. The second-order valence-corrected chi connectivity index (χ2v) is 5.26. The first-order valence-electron chi connectivity index (χ1n) is 7.67.